The van der Waals surface area contributed by atoms with Crippen LogP contribution in [0.1, 0.15) is 24.2 Å². The SMILES string of the molecule is Cc1c(NC(=O)CCCc2nc3ccccc3c(=O)[nH]2)cccc1-n1cnnn1. The van der Waals surface area contributed by atoms with E-state index >= 15 is 0 Å². The van der Waals surface area contributed by atoms with E-state index in [4.69, 9.17) is 0 Å². The van der Waals surface area contributed by atoms with Crippen LogP contribution in [0.4, 0.5) is 5.69 Å². The van der Waals surface area contributed by atoms with E-state index in [0.29, 0.717) is 41.7 Å². The molecule has 2 aromatic heterocycles. The Balaban J connectivity index is 1.39. The molecule has 0 spiro atoms. The van der Waals surface area contributed by atoms with Gasteiger partial charge in [-0.15, -0.1) is 5.10 Å². The van der Waals surface area contributed by atoms with E-state index in [1.807, 2.05) is 31.2 Å². The van der Waals surface area contributed by atoms with Crippen molar-refractivity contribution in [3.8, 4) is 5.69 Å². The number of hydrogen-bond donors (Lipinski definition) is 2. The Kier molecular flexibility index (Phi) is 5.10. The molecule has 9 nitrogen and oxygen atoms in total. The van der Waals surface area contributed by atoms with Crippen LogP contribution in [0.5, 0.6) is 0 Å². The van der Waals surface area contributed by atoms with E-state index < -0.39 is 0 Å². The smallest absolute Gasteiger partial charge is 0.258 e. The highest BCUT2D eigenvalue weighted by Crippen LogP contribution is 2.21. The third kappa shape index (κ3) is 4.03. The standard InChI is InChI=1S/C20H19N7O2/c1-13-15(8-4-9-17(13)27-12-21-25-26-27)23-19(28)11-5-10-18-22-16-7-3-2-6-14(16)20(29)24-18/h2-4,6-9,12H,5,10-11H2,1H3,(H,23,28)(H,22,24,29). The molecule has 0 bridgehead atoms. The van der Waals surface area contributed by atoms with Crippen molar-refractivity contribution in [2.45, 2.75) is 26.2 Å². The summed E-state index contributed by atoms with van der Waals surface area (Å²) in [6.07, 6.45) is 2.90. The molecule has 2 heterocycles. The van der Waals surface area contributed by atoms with Crippen molar-refractivity contribution in [2.24, 2.45) is 0 Å². The number of benzene rings is 2. The zero-order valence-corrected chi connectivity index (χ0v) is 15.8. The molecule has 2 aromatic carbocycles. The second-order valence-electron chi connectivity index (χ2n) is 6.64. The third-order valence-electron chi connectivity index (χ3n) is 4.65. The molecule has 4 rings (SSSR count). The van der Waals surface area contributed by atoms with Gasteiger partial charge >= 0.3 is 0 Å². The van der Waals surface area contributed by atoms with E-state index in [9.17, 15) is 9.59 Å². The zero-order chi connectivity index (χ0) is 20.2. The lowest BCUT2D eigenvalue weighted by Crippen LogP contribution is -2.15. The Hall–Kier alpha value is -3.88. The van der Waals surface area contributed by atoms with Crippen LogP contribution in [0.3, 0.4) is 0 Å². The van der Waals surface area contributed by atoms with Gasteiger partial charge in [-0.2, -0.15) is 0 Å². The summed E-state index contributed by atoms with van der Waals surface area (Å²) in [7, 11) is 0. The molecule has 0 saturated heterocycles. The van der Waals surface area contributed by atoms with Crippen LogP contribution in [0.25, 0.3) is 16.6 Å². The fraction of sp³-hybridized carbons (Fsp3) is 0.200. The highest BCUT2D eigenvalue weighted by Gasteiger charge is 2.10. The number of aromatic amines is 1. The van der Waals surface area contributed by atoms with E-state index in [1.165, 1.54) is 6.33 Å². The number of carbonyl (C=O) groups is 1. The lowest BCUT2D eigenvalue weighted by Gasteiger charge is -2.12. The van der Waals surface area contributed by atoms with E-state index in [1.54, 1.807) is 22.9 Å². The molecule has 0 saturated carbocycles. The van der Waals surface area contributed by atoms with Crippen LogP contribution < -0.4 is 10.9 Å². The number of hydrogen-bond acceptors (Lipinski definition) is 6. The average molecular weight is 389 g/mol. The predicted octanol–water partition coefficient (Wildman–Crippen LogP) is 2.17. The topological polar surface area (TPSA) is 118 Å². The summed E-state index contributed by atoms with van der Waals surface area (Å²) < 4.78 is 1.55. The maximum Gasteiger partial charge on any atom is 0.258 e. The summed E-state index contributed by atoms with van der Waals surface area (Å²) in [5.74, 6) is 0.475. The van der Waals surface area contributed by atoms with Crippen molar-refractivity contribution < 1.29 is 4.79 Å². The van der Waals surface area contributed by atoms with Crippen molar-refractivity contribution in [3.05, 3.63) is 70.5 Å². The summed E-state index contributed by atoms with van der Waals surface area (Å²) in [5.41, 5.74) is 2.87. The number of aromatic nitrogens is 6. The van der Waals surface area contributed by atoms with Crippen LogP contribution in [-0.2, 0) is 11.2 Å². The number of para-hydroxylation sites is 1. The maximum absolute atomic E-state index is 12.4. The number of H-pyrrole nitrogens is 1. The minimum atomic E-state index is -0.162. The number of nitrogens with one attached hydrogen (secondary N) is 2. The Bertz CT molecular complexity index is 1220. The molecule has 0 unspecified atom stereocenters. The van der Waals surface area contributed by atoms with E-state index in [2.05, 4.69) is 30.8 Å². The number of tetrazole rings is 1. The predicted molar refractivity (Wildman–Crippen MR) is 108 cm³/mol. The lowest BCUT2D eigenvalue weighted by atomic mass is 10.1. The van der Waals surface area contributed by atoms with Gasteiger partial charge in [0.2, 0.25) is 5.91 Å². The molecular formula is C20H19N7O2. The molecule has 0 aliphatic heterocycles. The number of aryl methyl sites for hydroxylation is 1. The minimum absolute atomic E-state index is 0.106. The summed E-state index contributed by atoms with van der Waals surface area (Å²) in [6, 6.07) is 12.7. The first-order chi connectivity index (χ1) is 14.1. The fourth-order valence-corrected chi connectivity index (χ4v) is 3.16. The van der Waals surface area contributed by atoms with Crippen LogP contribution in [-0.4, -0.2) is 36.1 Å². The Morgan fingerprint density at radius 1 is 1.17 bits per heavy atom. The van der Waals surface area contributed by atoms with Crippen molar-refractivity contribution in [3.63, 3.8) is 0 Å². The molecule has 9 heteroatoms. The van der Waals surface area contributed by atoms with Crippen molar-refractivity contribution >= 4 is 22.5 Å². The molecule has 4 aromatic rings. The number of carbonyl (C=O) groups excluding carboxylic acids is 1. The molecule has 1 amide bonds. The Labute approximate surface area is 165 Å². The average Bonchev–Trinajstić information content (AvgIpc) is 3.24. The largest absolute Gasteiger partial charge is 0.326 e. The Morgan fingerprint density at radius 2 is 2.03 bits per heavy atom. The van der Waals surface area contributed by atoms with Crippen LogP contribution in [0.2, 0.25) is 0 Å². The van der Waals surface area contributed by atoms with Gasteiger partial charge in [-0.3, -0.25) is 9.59 Å². The molecule has 0 aliphatic carbocycles. The fourth-order valence-electron chi connectivity index (χ4n) is 3.16. The summed E-state index contributed by atoms with van der Waals surface area (Å²) in [4.78, 5) is 31.7. The molecule has 0 aliphatic rings. The van der Waals surface area contributed by atoms with Crippen LogP contribution >= 0.6 is 0 Å². The van der Waals surface area contributed by atoms with Crippen molar-refractivity contribution in [1.29, 1.82) is 0 Å². The number of amides is 1. The number of fused-ring (bicyclic) bond motifs is 1. The van der Waals surface area contributed by atoms with Gasteiger partial charge < -0.3 is 10.3 Å². The summed E-state index contributed by atoms with van der Waals surface area (Å²) in [5, 5.41) is 14.7. The van der Waals surface area contributed by atoms with Gasteiger partial charge in [0.05, 0.1) is 16.6 Å². The van der Waals surface area contributed by atoms with Gasteiger partial charge in [0.25, 0.3) is 5.56 Å². The number of nitrogens with zero attached hydrogens (tertiary/aromatic N) is 5. The highest BCUT2D eigenvalue weighted by atomic mass is 16.1. The first-order valence-electron chi connectivity index (χ1n) is 9.22. The maximum atomic E-state index is 12.4. The number of anilines is 1. The molecule has 0 radical (unpaired) electrons. The van der Waals surface area contributed by atoms with Gasteiger partial charge in [0.15, 0.2) is 0 Å². The van der Waals surface area contributed by atoms with Gasteiger partial charge in [-0.05, 0) is 53.6 Å². The first-order valence-corrected chi connectivity index (χ1v) is 9.22. The minimum Gasteiger partial charge on any atom is -0.326 e. The molecule has 0 fully saturated rings. The van der Waals surface area contributed by atoms with Gasteiger partial charge in [-0.25, -0.2) is 9.67 Å². The molecule has 146 valence electrons. The first kappa shape index (κ1) is 18.5. The van der Waals surface area contributed by atoms with Gasteiger partial charge in [-0.1, -0.05) is 18.2 Å². The van der Waals surface area contributed by atoms with Crippen molar-refractivity contribution in [2.75, 3.05) is 5.32 Å². The quantitative estimate of drug-likeness (QED) is 0.522. The molecule has 2 N–H and O–H groups in total. The van der Waals surface area contributed by atoms with E-state index in [-0.39, 0.29) is 11.5 Å². The zero-order valence-electron chi connectivity index (χ0n) is 15.8. The van der Waals surface area contributed by atoms with E-state index in [0.717, 1.165) is 11.3 Å². The molecule has 0 atom stereocenters. The summed E-state index contributed by atoms with van der Waals surface area (Å²) >= 11 is 0. The molecule has 29 heavy (non-hydrogen) atoms. The third-order valence-corrected chi connectivity index (χ3v) is 4.65. The monoisotopic (exact) mass is 389 g/mol. The summed E-state index contributed by atoms with van der Waals surface area (Å²) in [6.45, 7) is 1.90. The Morgan fingerprint density at radius 3 is 2.86 bits per heavy atom. The molecular weight excluding hydrogens is 370 g/mol. The highest BCUT2D eigenvalue weighted by molar-refractivity contribution is 5.92. The second kappa shape index (κ2) is 8.01. The number of rotatable bonds is 6. The lowest BCUT2D eigenvalue weighted by molar-refractivity contribution is -0.116. The van der Waals surface area contributed by atoms with Crippen LogP contribution in [0.15, 0.2) is 53.6 Å². The van der Waals surface area contributed by atoms with Crippen LogP contribution in [0, 0.1) is 6.92 Å². The normalized spacial score (nSPS) is 10.9. The van der Waals surface area contributed by atoms with Crippen molar-refractivity contribution in [1.82, 2.24) is 30.2 Å². The van der Waals surface area contributed by atoms with Gasteiger partial charge in [0, 0.05) is 18.5 Å². The second-order valence-corrected chi connectivity index (χ2v) is 6.64. The van der Waals surface area contributed by atoms with Gasteiger partial charge in [0.1, 0.15) is 12.2 Å².